The van der Waals surface area contributed by atoms with E-state index in [0.717, 1.165) is 33.2 Å². The minimum Gasteiger partial charge on any atom is -0.497 e. The van der Waals surface area contributed by atoms with E-state index in [0.29, 0.717) is 28.7 Å². The second-order valence-corrected chi connectivity index (χ2v) is 9.51. The van der Waals surface area contributed by atoms with Crippen LogP contribution in [0.25, 0.3) is 21.7 Å². The van der Waals surface area contributed by atoms with Crippen molar-refractivity contribution in [1.82, 2.24) is 4.98 Å². The first-order valence-electron chi connectivity index (χ1n) is 12.5. The summed E-state index contributed by atoms with van der Waals surface area (Å²) in [6.07, 6.45) is 0. The molecule has 5 aromatic rings. The van der Waals surface area contributed by atoms with Crippen LogP contribution in [0.2, 0.25) is 0 Å². The summed E-state index contributed by atoms with van der Waals surface area (Å²) in [5, 5.41) is 0.541. The van der Waals surface area contributed by atoms with E-state index in [1.54, 1.807) is 31.3 Å². The maximum absolute atomic E-state index is 14.2. The molecular weight excluding hydrogens is 508 g/mol. The second-order valence-electron chi connectivity index (χ2n) is 8.54. The Labute approximate surface area is 232 Å². The fourth-order valence-electron chi connectivity index (χ4n) is 4.25. The maximum Gasteiger partial charge on any atom is 0.268 e. The molecule has 6 nitrogen and oxygen atoms in total. The summed E-state index contributed by atoms with van der Waals surface area (Å²) in [6.45, 7) is 2.49. The average molecular weight is 537 g/mol. The first-order valence-corrected chi connectivity index (χ1v) is 13.4. The Morgan fingerprint density at radius 2 is 1.44 bits per heavy atom. The van der Waals surface area contributed by atoms with Crippen LogP contribution in [-0.4, -0.2) is 31.7 Å². The molecule has 0 bridgehead atoms. The number of anilines is 2. The number of nitrogens with zero attached hydrogens (tertiary/aromatic N) is 2. The van der Waals surface area contributed by atoms with Crippen LogP contribution in [-0.2, 0) is 0 Å². The molecule has 1 amide bonds. The van der Waals surface area contributed by atoms with Crippen LogP contribution >= 0.6 is 11.3 Å². The van der Waals surface area contributed by atoms with Gasteiger partial charge in [-0.2, -0.15) is 0 Å². The lowest BCUT2D eigenvalue weighted by Gasteiger charge is -2.21. The number of rotatable bonds is 9. The van der Waals surface area contributed by atoms with E-state index in [1.807, 2.05) is 97.9 Å². The third-order valence-corrected chi connectivity index (χ3v) is 7.24. The molecule has 0 aliphatic rings. The van der Waals surface area contributed by atoms with E-state index in [9.17, 15) is 4.79 Å². The van der Waals surface area contributed by atoms with Crippen LogP contribution in [0.15, 0.2) is 103 Å². The summed E-state index contributed by atoms with van der Waals surface area (Å²) in [5.74, 6) is 1.74. The van der Waals surface area contributed by atoms with Gasteiger partial charge in [-0.15, -0.1) is 0 Å². The highest BCUT2D eigenvalue weighted by atomic mass is 32.1. The van der Waals surface area contributed by atoms with Crippen molar-refractivity contribution in [2.75, 3.05) is 25.7 Å². The maximum atomic E-state index is 14.2. The number of aromatic nitrogens is 1. The minimum atomic E-state index is -0.244. The Kier molecular flexibility index (Phi) is 7.89. The van der Waals surface area contributed by atoms with Gasteiger partial charge in [0, 0.05) is 5.56 Å². The van der Waals surface area contributed by atoms with Gasteiger partial charge in [-0.1, -0.05) is 53.8 Å². The Hall–Kier alpha value is -4.62. The molecule has 196 valence electrons. The summed E-state index contributed by atoms with van der Waals surface area (Å²) in [7, 11) is 3.20. The third kappa shape index (κ3) is 5.49. The van der Waals surface area contributed by atoms with E-state index in [1.165, 1.54) is 11.3 Å². The lowest BCUT2D eigenvalue weighted by atomic mass is 10.1. The Morgan fingerprint density at radius 1 is 0.769 bits per heavy atom. The molecule has 0 N–H and O–H groups in total. The van der Waals surface area contributed by atoms with E-state index in [2.05, 4.69) is 0 Å². The summed E-state index contributed by atoms with van der Waals surface area (Å²) < 4.78 is 16.5. The van der Waals surface area contributed by atoms with Crippen LogP contribution in [0.3, 0.4) is 0 Å². The highest BCUT2D eigenvalue weighted by Crippen LogP contribution is 2.43. The van der Waals surface area contributed by atoms with Gasteiger partial charge in [0.15, 0.2) is 5.13 Å². The van der Waals surface area contributed by atoms with E-state index < -0.39 is 0 Å². The number of methoxy groups -OCH3 is 2. The predicted molar refractivity (Wildman–Crippen MR) is 157 cm³/mol. The molecule has 7 heteroatoms. The van der Waals surface area contributed by atoms with Gasteiger partial charge in [0.2, 0.25) is 0 Å². The minimum absolute atomic E-state index is 0.244. The molecule has 0 fully saturated rings. The van der Waals surface area contributed by atoms with Crippen LogP contribution in [0.4, 0.5) is 10.8 Å². The molecule has 1 aromatic heterocycles. The van der Waals surface area contributed by atoms with Gasteiger partial charge in [-0.25, -0.2) is 4.98 Å². The van der Waals surface area contributed by atoms with Gasteiger partial charge in [0.1, 0.15) is 17.2 Å². The Bertz CT molecular complexity index is 1550. The number of carbonyl (C=O) groups is 1. The molecule has 5 rings (SSSR count). The van der Waals surface area contributed by atoms with Crippen molar-refractivity contribution in [3.63, 3.8) is 0 Å². The molecule has 39 heavy (non-hydrogen) atoms. The monoisotopic (exact) mass is 536 g/mol. The molecule has 0 aliphatic heterocycles. The highest BCUT2D eigenvalue weighted by Gasteiger charge is 2.27. The van der Waals surface area contributed by atoms with Crippen molar-refractivity contribution >= 4 is 28.1 Å². The van der Waals surface area contributed by atoms with Crippen LogP contribution < -0.4 is 19.1 Å². The molecule has 4 aromatic carbocycles. The van der Waals surface area contributed by atoms with Gasteiger partial charge in [-0.3, -0.25) is 9.69 Å². The number of carbonyl (C=O) groups excluding carboxylic acids is 1. The van der Waals surface area contributed by atoms with E-state index >= 15 is 0 Å². The SMILES string of the molecule is CCOc1ccc(N(C(=O)c2ccccc2OC)c2nc(-c3ccc(OC)cc3)c(-c3ccccc3)s2)cc1. The van der Waals surface area contributed by atoms with E-state index in [4.69, 9.17) is 19.2 Å². The van der Waals surface area contributed by atoms with Gasteiger partial charge >= 0.3 is 0 Å². The lowest BCUT2D eigenvalue weighted by molar-refractivity contribution is 0.0996. The van der Waals surface area contributed by atoms with Crippen molar-refractivity contribution < 1.29 is 19.0 Å². The fourth-order valence-corrected chi connectivity index (χ4v) is 5.36. The normalized spacial score (nSPS) is 10.6. The van der Waals surface area contributed by atoms with Crippen LogP contribution in [0.1, 0.15) is 17.3 Å². The second kappa shape index (κ2) is 11.8. The zero-order valence-electron chi connectivity index (χ0n) is 22.0. The third-order valence-electron chi connectivity index (χ3n) is 6.15. The summed E-state index contributed by atoms with van der Waals surface area (Å²) in [6, 6.07) is 32.5. The molecule has 0 saturated carbocycles. The molecule has 1 heterocycles. The summed E-state index contributed by atoms with van der Waals surface area (Å²) >= 11 is 1.46. The summed E-state index contributed by atoms with van der Waals surface area (Å²) in [4.78, 5) is 21.8. The quantitative estimate of drug-likeness (QED) is 0.192. The molecular formula is C32H28N2O4S. The first kappa shape index (κ1) is 26.0. The number of benzene rings is 4. The molecule has 0 aliphatic carbocycles. The predicted octanol–water partition coefficient (Wildman–Crippen LogP) is 7.87. The average Bonchev–Trinajstić information content (AvgIpc) is 3.43. The van der Waals surface area contributed by atoms with Gasteiger partial charge in [-0.05, 0) is 73.2 Å². The van der Waals surface area contributed by atoms with Crippen molar-refractivity contribution in [1.29, 1.82) is 0 Å². The van der Waals surface area contributed by atoms with Gasteiger partial charge in [0.25, 0.3) is 5.91 Å². The standard InChI is InChI=1S/C32H28N2O4S/c1-4-38-26-20-16-24(17-21-26)34(31(35)27-12-8-9-13-28(27)37-3)32-33-29(22-14-18-25(36-2)19-15-22)30(39-32)23-10-6-5-7-11-23/h5-21H,4H2,1-3H3. The zero-order valence-corrected chi connectivity index (χ0v) is 22.8. The molecule has 0 spiro atoms. The number of amides is 1. The highest BCUT2D eigenvalue weighted by molar-refractivity contribution is 7.19. The lowest BCUT2D eigenvalue weighted by Crippen LogP contribution is -2.26. The van der Waals surface area contributed by atoms with Crippen molar-refractivity contribution in [2.45, 2.75) is 6.92 Å². The number of hydrogen-bond donors (Lipinski definition) is 0. The Morgan fingerprint density at radius 3 is 2.10 bits per heavy atom. The Balaban J connectivity index is 1.69. The number of thiazole rings is 1. The van der Waals surface area contributed by atoms with E-state index in [-0.39, 0.29) is 5.91 Å². The number of hydrogen-bond acceptors (Lipinski definition) is 6. The van der Waals surface area contributed by atoms with Crippen LogP contribution in [0.5, 0.6) is 17.2 Å². The zero-order chi connectivity index (χ0) is 27.2. The molecule has 0 saturated heterocycles. The first-order chi connectivity index (χ1) is 19.1. The van der Waals surface area contributed by atoms with Crippen LogP contribution in [0, 0.1) is 0 Å². The van der Waals surface area contributed by atoms with Crippen molar-refractivity contribution in [2.24, 2.45) is 0 Å². The summed E-state index contributed by atoms with van der Waals surface area (Å²) in [5.41, 5.74) is 3.84. The number of ether oxygens (including phenoxy) is 3. The van der Waals surface area contributed by atoms with Crippen molar-refractivity contribution in [3.8, 4) is 38.9 Å². The smallest absolute Gasteiger partial charge is 0.268 e. The molecule has 0 atom stereocenters. The molecule has 0 unspecified atom stereocenters. The fraction of sp³-hybridized carbons (Fsp3) is 0.125. The number of para-hydroxylation sites is 1. The van der Waals surface area contributed by atoms with Gasteiger partial charge < -0.3 is 14.2 Å². The molecule has 0 radical (unpaired) electrons. The largest absolute Gasteiger partial charge is 0.497 e. The van der Waals surface area contributed by atoms with Gasteiger partial charge in [0.05, 0.1) is 42.6 Å². The topological polar surface area (TPSA) is 60.9 Å². The van der Waals surface area contributed by atoms with Crippen molar-refractivity contribution in [3.05, 3.63) is 109 Å².